The van der Waals surface area contributed by atoms with Crippen LogP contribution in [0.3, 0.4) is 0 Å². The number of ether oxygens (including phenoxy) is 1. The van der Waals surface area contributed by atoms with E-state index in [1.807, 2.05) is 0 Å². The molecular weight excluding hydrogens is 258 g/mol. The third-order valence-electron chi connectivity index (χ3n) is 2.19. The zero-order valence-electron chi connectivity index (χ0n) is 9.82. The van der Waals surface area contributed by atoms with Gasteiger partial charge in [-0.3, -0.25) is 0 Å². The van der Waals surface area contributed by atoms with E-state index in [2.05, 4.69) is 14.8 Å². The minimum absolute atomic E-state index is 0.194. The highest BCUT2D eigenvalue weighted by Gasteiger charge is 2.12. The molecule has 96 valence electrons. The van der Waals surface area contributed by atoms with Crippen molar-refractivity contribution in [2.24, 2.45) is 0 Å². The van der Waals surface area contributed by atoms with Crippen LogP contribution < -0.4 is 0 Å². The van der Waals surface area contributed by atoms with Crippen LogP contribution >= 0.6 is 0 Å². The second-order valence-corrected chi connectivity index (χ2v) is 5.95. The highest BCUT2D eigenvalue weighted by atomic mass is 32.2. The number of fused-ring (bicyclic) bond motifs is 1. The molecule has 0 aromatic carbocycles. The molecule has 0 fully saturated rings. The number of rotatable bonds is 3. The lowest BCUT2D eigenvalue weighted by atomic mass is 10.3. The van der Waals surface area contributed by atoms with Crippen LogP contribution in [-0.4, -0.2) is 42.4 Å². The number of pyridine rings is 1. The fourth-order valence-corrected chi connectivity index (χ4v) is 2.06. The molecule has 2 rings (SSSR count). The van der Waals surface area contributed by atoms with Crippen molar-refractivity contribution in [2.45, 2.75) is 5.75 Å². The Balaban J connectivity index is 2.43. The number of carbonyl (C=O) groups is 1. The van der Waals surface area contributed by atoms with Crippen LogP contribution in [0, 0.1) is 0 Å². The Morgan fingerprint density at radius 1 is 1.50 bits per heavy atom. The molecule has 0 saturated heterocycles. The van der Waals surface area contributed by atoms with E-state index >= 15 is 0 Å². The van der Waals surface area contributed by atoms with Crippen molar-refractivity contribution in [3.8, 4) is 0 Å². The fraction of sp³-hybridized carbons (Fsp3) is 0.300. The molecule has 7 nitrogen and oxygen atoms in total. The van der Waals surface area contributed by atoms with Crippen LogP contribution in [0.5, 0.6) is 0 Å². The topological polar surface area (TPSA) is 90.6 Å². The molecule has 0 aliphatic rings. The number of sulfone groups is 1. The highest BCUT2D eigenvalue weighted by Crippen LogP contribution is 2.08. The fourth-order valence-electron chi connectivity index (χ4n) is 1.47. The van der Waals surface area contributed by atoms with E-state index in [1.165, 1.54) is 30.0 Å². The number of aromatic nitrogens is 3. The molecule has 0 aliphatic carbocycles. The first kappa shape index (κ1) is 12.5. The summed E-state index contributed by atoms with van der Waals surface area (Å²) in [6, 6.07) is 3.02. The van der Waals surface area contributed by atoms with Crippen molar-refractivity contribution in [1.29, 1.82) is 0 Å². The molecule has 0 bridgehead atoms. The lowest BCUT2D eigenvalue weighted by Gasteiger charge is -1.97. The van der Waals surface area contributed by atoms with Gasteiger partial charge in [-0.25, -0.2) is 22.7 Å². The molecule has 18 heavy (non-hydrogen) atoms. The molecular formula is C10H11N3O4S. The van der Waals surface area contributed by atoms with Crippen molar-refractivity contribution in [3.05, 3.63) is 29.7 Å². The molecule has 2 aromatic rings. The second-order valence-electron chi connectivity index (χ2n) is 3.81. The Morgan fingerprint density at radius 2 is 2.22 bits per heavy atom. The first-order chi connectivity index (χ1) is 8.39. The summed E-state index contributed by atoms with van der Waals surface area (Å²) in [5.41, 5.74) is 0.736. The SMILES string of the molecule is COC(=O)c1ccn2nc(CS(C)(=O)=O)nc2c1. The summed E-state index contributed by atoms with van der Waals surface area (Å²) in [4.78, 5) is 15.4. The highest BCUT2D eigenvalue weighted by molar-refractivity contribution is 7.89. The Hall–Kier alpha value is -1.96. The number of esters is 1. The average molecular weight is 269 g/mol. The maximum absolute atomic E-state index is 11.3. The number of hydrogen-bond donors (Lipinski definition) is 0. The Morgan fingerprint density at radius 3 is 2.83 bits per heavy atom. The minimum Gasteiger partial charge on any atom is -0.465 e. The largest absolute Gasteiger partial charge is 0.465 e. The van der Waals surface area contributed by atoms with Crippen LogP contribution in [0.4, 0.5) is 0 Å². The summed E-state index contributed by atoms with van der Waals surface area (Å²) < 4.78 is 28.3. The predicted octanol–water partition coefficient (Wildman–Crippen LogP) is 0.0605. The van der Waals surface area contributed by atoms with Crippen molar-refractivity contribution in [2.75, 3.05) is 13.4 Å². The van der Waals surface area contributed by atoms with Gasteiger partial charge in [0.15, 0.2) is 21.3 Å². The van der Waals surface area contributed by atoms with Crippen molar-refractivity contribution >= 4 is 21.5 Å². The number of methoxy groups -OCH3 is 1. The van der Waals surface area contributed by atoms with E-state index in [0.717, 1.165) is 6.26 Å². The van der Waals surface area contributed by atoms with Gasteiger partial charge in [0.2, 0.25) is 0 Å². The lowest BCUT2D eigenvalue weighted by Crippen LogP contribution is -2.02. The third-order valence-corrected chi connectivity index (χ3v) is 2.98. The molecule has 0 atom stereocenters. The monoisotopic (exact) mass is 269 g/mol. The van der Waals surface area contributed by atoms with Gasteiger partial charge in [-0.1, -0.05) is 0 Å². The summed E-state index contributed by atoms with van der Waals surface area (Å²) in [5.74, 6) is -0.521. The maximum atomic E-state index is 11.3. The quantitative estimate of drug-likeness (QED) is 0.732. The Kier molecular flexibility index (Phi) is 3.04. The first-order valence-electron chi connectivity index (χ1n) is 5.00. The molecule has 0 radical (unpaired) electrons. The molecule has 0 saturated carbocycles. The van der Waals surface area contributed by atoms with E-state index in [9.17, 15) is 13.2 Å². The summed E-state index contributed by atoms with van der Waals surface area (Å²) in [6.07, 6.45) is 2.64. The molecule has 2 aromatic heterocycles. The zero-order valence-corrected chi connectivity index (χ0v) is 10.6. The van der Waals surface area contributed by atoms with Crippen LogP contribution in [0.15, 0.2) is 18.3 Å². The van der Waals surface area contributed by atoms with Gasteiger partial charge >= 0.3 is 5.97 Å². The van der Waals surface area contributed by atoms with E-state index in [-0.39, 0.29) is 11.6 Å². The molecule has 0 aliphatic heterocycles. The van der Waals surface area contributed by atoms with E-state index < -0.39 is 15.8 Å². The zero-order chi connectivity index (χ0) is 13.3. The summed E-state index contributed by atoms with van der Waals surface area (Å²) >= 11 is 0. The van der Waals surface area contributed by atoms with Gasteiger partial charge in [0.05, 0.1) is 12.7 Å². The summed E-state index contributed by atoms with van der Waals surface area (Å²) in [7, 11) is -1.90. The second kappa shape index (κ2) is 4.37. The van der Waals surface area contributed by atoms with Crippen LogP contribution in [0.1, 0.15) is 16.2 Å². The van der Waals surface area contributed by atoms with Crippen LogP contribution in [0.25, 0.3) is 5.65 Å². The third kappa shape index (κ3) is 2.65. The van der Waals surface area contributed by atoms with Gasteiger partial charge < -0.3 is 4.74 Å². The number of hydrogen-bond acceptors (Lipinski definition) is 6. The average Bonchev–Trinajstić information content (AvgIpc) is 2.66. The van der Waals surface area contributed by atoms with Crippen LogP contribution in [0.2, 0.25) is 0 Å². The van der Waals surface area contributed by atoms with Crippen molar-refractivity contribution < 1.29 is 17.9 Å². The lowest BCUT2D eigenvalue weighted by molar-refractivity contribution is 0.0600. The van der Waals surface area contributed by atoms with Crippen LogP contribution in [-0.2, 0) is 20.3 Å². The minimum atomic E-state index is -3.19. The van der Waals surface area contributed by atoms with Crippen molar-refractivity contribution in [1.82, 2.24) is 14.6 Å². The smallest absolute Gasteiger partial charge is 0.338 e. The van der Waals surface area contributed by atoms with Gasteiger partial charge in [0, 0.05) is 12.5 Å². The number of carbonyl (C=O) groups excluding carboxylic acids is 1. The molecule has 0 amide bonds. The van der Waals surface area contributed by atoms with Gasteiger partial charge in [-0.2, -0.15) is 5.10 Å². The molecule has 0 spiro atoms. The van der Waals surface area contributed by atoms with E-state index in [0.29, 0.717) is 11.2 Å². The van der Waals surface area contributed by atoms with Crippen molar-refractivity contribution in [3.63, 3.8) is 0 Å². The number of nitrogens with zero attached hydrogens (tertiary/aromatic N) is 3. The van der Waals surface area contributed by atoms with E-state index in [1.54, 1.807) is 0 Å². The molecule has 0 unspecified atom stereocenters. The first-order valence-corrected chi connectivity index (χ1v) is 7.06. The van der Waals surface area contributed by atoms with Gasteiger partial charge in [0.1, 0.15) is 5.75 Å². The van der Waals surface area contributed by atoms with Gasteiger partial charge in [0.25, 0.3) is 0 Å². The molecule has 2 heterocycles. The standard InChI is InChI=1S/C10H11N3O4S/c1-17-10(14)7-3-4-13-9(5-7)11-8(12-13)6-18(2,15)16/h3-5H,6H2,1-2H3. The molecule has 8 heteroatoms. The normalized spacial score (nSPS) is 11.7. The Bertz CT molecular complexity index is 705. The maximum Gasteiger partial charge on any atom is 0.338 e. The molecule has 0 N–H and O–H groups in total. The summed E-state index contributed by atoms with van der Waals surface area (Å²) in [6.45, 7) is 0. The predicted molar refractivity (Wildman–Crippen MR) is 62.9 cm³/mol. The van der Waals surface area contributed by atoms with E-state index in [4.69, 9.17) is 0 Å². The Labute approximate surface area is 103 Å². The summed E-state index contributed by atoms with van der Waals surface area (Å²) in [5, 5.41) is 4.00. The van der Waals surface area contributed by atoms with Gasteiger partial charge in [-0.05, 0) is 12.1 Å². The van der Waals surface area contributed by atoms with Gasteiger partial charge in [-0.15, -0.1) is 0 Å².